The van der Waals surface area contributed by atoms with E-state index in [2.05, 4.69) is 51.1 Å². The van der Waals surface area contributed by atoms with Gasteiger partial charge < -0.3 is 19.9 Å². The van der Waals surface area contributed by atoms with Gasteiger partial charge in [0, 0.05) is 61.9 Å². The van der Waals surface area contributed by atoms with E-state index < -0.39 is 22.1 Å². The number of hydrogen-bond acceptors (Lipinski definition) is 9. The van der Waals surface area contributed by atoms with E-state index in [1.54, 1.807) is 26.3 Å². The number of piperidine rings is 1. The number of fused-ring (bicyclic) bond motifs is 1. The largest absolute Gasteiger partial charge is 0.378 e. The molecule has 2 fully saturated rings. The highest BCUT2D eigenvalue weighted by molar-refractivity contribution is 7.91. The maximum Gasteiger partial charge on any atom is 0.227 e. The van der Waals surface area contributed by atoms with Gasteiger partial charge in [0.1, 0.15) is 27.6 Å². The zero-order valence-corrected chi connectivity index (χ0v) is 23.8. The molecule has 11 heteroatoms. The second-order valence-electron chi connectivity index (χ2n) is 10.8. The molecule has 1 N–H and O–H groups in total. The van der Waals surface area contributed by atoms with Gasteiger partial charge in [-0.05, 0) is 41.5 Å². The molecule has 0 amide bonds. The molecule has 210 valence electrons. The van der Waals surface area contributed by atoms with Crippen molar-refractivity contribution in [3.8, 4) is 0 Å². The van der Waals surface area contributed by atoms with Gasteiger partial charge in [-0.25, -0.2) is 22.8 Å². The maximum atomic E-state index is 14.4. The number of aromatic nitrogens is 3. The lowest BCUT2D eigenvalue weighted by molar-refractivity contribution is 0.0194. The van der Waals surface area contributed by atoms with Gasteiger partial charge in [0.25, 0.3) is 0 Å². The number of ether oxygens (including phenoxy) is 1. The Bertz CT molecular complexity index is 1430. The minimum atomic E-state index is -2.98. The lowest BCUT2D eigenvalue weighted by Gasteiger charge is -2.41. The van der Waals surface area contributed by atoms with Crippen molar-refractivity contribution >= 4 is 43.9 Å². The predicted molar refractivity (Wildman–Crippen MR) is 154 cm³/mol. The van der Waals surface area contributed by atoms with Crippen LogP contribution in [-0.2, 0) is 14.6 Å². The first kappa shape index (κ1) is 27.5. The summed E-state index contributed by atoms with van der Waals surface area (Å²) in [6.07, 6.45) is 2.64. The standard InChI is InChI=1S/C28H37FN6O3S/c1-5-39(36,37)17-19-14-35(15-19)24-7-6-20(18(2)3)21-12-27(31-13-22(21)24)32-26-8-10-30-28(33-26)34-11-9-25(38-4)23(29)16-34/h6-8,10,12-13,18-19,23,25H,5,9,11,14-17H2,1-4H3,(H,30,31,32,33)/t23-,25+/m0/s1. The number of sulfone groups is 1. The second-order valence-corrected chi connectivity index (χ2v) is 13.2. The van der Waals surface area contributed by atoms with Crippen LogP contribution in [0.1, 0.15) is 38.7 Å². The average Bonchev–Trinajstić information content (AvgIpc) is 2.90. The Morgan fingerprint density at radius 3 is 2.59 bits per heavy atom. The first-order valence-electron chi connectivity index (χ1n) is 13.6. The third-order valence-corrected chi connectivity index (χ3v) is 9.59. The summed E-state index contributed by atoms with van der Waals surface area (Å²) in [7, 11) is -1.44. The highest BCUT2D eigenvalue weighted by atomic mass is 32.2. The molecule has 2 aliphatic rings. The van der Waals surface area contributed by atoms with Crippen LogP contribution in [0, 0.1) is 5.92 Å². The van der Waals surface area contributed by atoms with Gasteiger partial charge in [-0.1, -0.05) is 26.8 Å². The number of nitrogens with zero attached hydrogens (tertiary/aromatic N) is 5. The average molecular weight is 557 g/mol. The van der Waals surface area contributed by atoms with E-state index in [0.717, 1.165) is 29.5 Å². The van der Waals surface area contributed by atoms with Crippen molar-refractivity contribution in [1.82, 2.24) is 15.0 Å². The quantitative estimate of drug-likeness (QED) is 0.413. The Morgan fingerprint density at radius 2 is 1.90 bits per heavy atom. The van der Waals surface area contributed by atoms with Gasteiger partial charge in [0.05, 0.1) is 18.4 Å². The van der Waals surface area contributed by atoms with Gasteiger partial charge in [0.2, 0.25) is 5.95 Å². The Labute approximate surface area is 229 Å². The van der Waals surface area contributed by atoms with Crippen molar-refractivity contribution in [1.29, 1.82) is 0 Å². The Kier molecular flexibility index (Phi) is 7.91. The van der Waals surface area contributed by atoms with Crippen LogP contribution >= 0.6 is 0 Å². The Balaban J connectivity index is 1.36. The lowest BCUT2D eigenvalue weighted by Crippen LogP contribution is -2.49. The third kappa shape index (κ3) is 5.94. The molecule has 0 saturated carbocycles. The van der Waals surface area contributed by atoms with Crippen molar-refractivity contribution in [2.45, 2.75) is 45.4 Å². The molecule has 5 rings (SSSR count). The van der Waals surface area contributed by atoms with E-state index in [9.17, 15) is 12.8 Å². The number of benzene rings is 1. The van der Waals surface area contributed by atoms with Gasteiger partial charge >= 0.3 is 0 Å². The molecular formula is C28H37FN6O3S. The summed E-state index contributed by atoms with van der Waals surface area (Å²) in [4.78, 5) is 17.8. The van der Waals surface area contributed by atoms with Crippen LogP contribution in [0.25, 0.3) is 10.8 Å². The zero-order chi connectivity index (χ0) is 27.7. The van der Waals surface area contributed by atoms with Crippen molar-refractivity contribution in [3.05, 3.63) is 42.2 Å². The van der Waals surface area contributed by atoms with Crippen LogP contribution in [-0.4, -0.2) is 80.4 Å². The SMILES string of the molecule is CCS(=O)(=O)CC1CN(c2ccc(C(C)C)c3cc(Nc4ccnc(N5CC[C@@H](OC)[C@@H](F)C5)n4)ncc23)C1. The van der Waals surface area contributed by atoms with Crippen LogP contribution in [0.15, 0.2) is 36.7 Å². The summed E-state index contributed by atoms with van der Waals surface area (Å²) >= 11 is 0. The lowest BCUT2D eigenvalue weighted by atomic mass is 9.93. The van der Waals surface area contributed by atoms with E-state index >= 15 is 0 Å². The van der Waals surface area contributed by atoms with Crippen LogP contribution in [0.2, 0.25) is 0 Å². The fourth-order valence-electron chi connectivity index (χ4n) is 5.48. The molecular weight excluding hydrogens is 519 g/mol. The van der Waals surface area contributed by atoms with Gasteiger partial charge in [0.15, 0.2) is 0 Å². The highest BCUT2D eigenvalue weighted by Gasteiger charge is 2.32. The summed E-state index contributed by atoms with van der Waals surface area (Å²) in [6.45, 7) is 8.29. The zero-order valence-electron chi connectivity index (χ0n) is 23.0. The second kappa shape index (κ2) is 11.2. The minimum Gasteiger partial charge on any atom is -0.378 e. The number of anilines is 4. The van der Waals surface area contributed by atoms with Crippen molar-refractivity contribution in [2.24, 2.45) is 5.92 Å². The molecule has 2 aliphatic heterocycles. The monoisotopic (exact) mass is 556 g/mol. The minimum absolute atomic E-state index is 0.156. The van der Waals surface area contributed by atoms with E-state index in [-0.39, 0.29) is 24.0 Å². The number of alkyl halides is 1. The molecule has 2 saturated heterocycles. The molecule has 9 nitrogen and oxygen atoms in total. The van der Waals surface area contributed by atoms with Gasteiger partial charge in [-0.3, -0.25) is 0 Å². The van der Waals surface area contributed by atoms with E-state index in [1.807, 2.05) is 17.2 Å². The van der Waals surface area contributed by atoms with Crippen LogP contribution in [0.3, 0.4) is 0 Å². The Morgan fingerprint density at radius 1 is 1.10 bits per heavy atom. The first-order chi connectivity index (χ1) is 18.7. The molecule has 0 radical (unpaired) electrons. The molecule has 0 aliphatic carbocycles. The predicted octanol–water partition coefficient (Wildman–Crippen LogP) is 4.33. The molecule has 4 heterocycles. The number of nitrogens with one attached hydrogen (secondary N) is 1. The number of rotatable bonds is 9. The molecule has 2 aromatic heterocycles. The van der Waals surface area contributed by atoms with Crippen molar-refractivity contribution in [3.63, 3.8) is 0 Å². The smallest absolute Gasteiger partial charge is 0.227 e. The summed E-state index contributed by atoms with van der Waals surface area (Å²) in [6, 6.07) is 8.09. The molecule has 1 aromatic carbocycles. The van der Waals surface area contributed by atoms with E-state index in [4.69, 9.17) is 4.74 Å². The number of pyridine rings is 1. The van der Waals surface area contributed by atoms with E-state index in [0.29, 0.717) is 36.5 Å². The van der Waals surface area contributed by atoms with Crippen LogP contribution < -0.4 is 15.1 Å². The summed E-state index contributed by atoms with van der Waals surface area (Å²) in [5.41, 5.74) is 2.28. The normalized spacial score (nSPS) is 20.5. The molecule has 0 unspecified atom stereocenters. The molecule has 3 aromatic rings. The summed E-state index contributed by atoms with van der Waals surface area (Å²) < 4.78 is 43.8. The molecule has 39 heavy (non-hydrogen) atoms. The molecule has 2 atom stereocenters. The van der Waals surface area contributed by atoms with Crippen molar-refractivity contribution in [2.75, 3.05) is 59.9 Å². The number of methoxy groups -OCH3 is 1. The highest BCUT2D eigenvalue weighted by Crippen LogP contribution is 2.37. The number of hydrogen-bond donors (Lipinski definition) is 1. The van der Waals surface area contributed by atoms with E-state index in [1.165, 1.54) is 5.56 Å². The third-order valence-electron chi connectivity index (χ3n) is 7.73. The topological polar surface area (TPSA) is 101 Å². The summed E-state index contributed by atoms with van der Waals surface area (Å²) in [5, 5.41) is 5.44. The first-order valence-corrected chi connectivity index (χ1v) is 15.4. The fraction of sp³-hybridized carbons (Fsp3) is 0.536. The van der Waals surface area contributed by atoms with Crippen LogP contribution in [0.4, 0.5) is 27.7 Å². The molecule has 0 bridgehead atoms. The molecule has 0 spiro atoms. The fourth-order valence-corrected chi connectivity index (χ4v) is 6.64. The van der Waals surface area contributed by atoms with Crippen LogP contribution in [0.5, 0.6) is 0 Å². The van der Waals surface area contributed by atoms with Gasteiger partial charge in [-0.2, -0.15) is 4.98 Å². The maximum absolute atomic E-state index is 14.4. The number of halogens is 1. The van der Waals surface area contributed by atoms with Gasteiger partial charge in [-0.15, -0.1) is 0 Å². The summed E-state index contributed by atoms with van der Waals surface area (Å²) in [5.74, 6) is 2.61. The Hall–Kier alpha value is -3.05. The van der Waals surface area contributed by atoms with Crippen molar-refractivity contribution < 1.29 is 17.5 Å².